The Morgan fingerprint density at radius 2 is 2.00 bits per heavy atom. The number of hydrogen-bond donors (Lipinski definition) is 0. The summed E-state index contributed by atoms with van der Waals surface area (Å²) in [5, 5.41) is 0. The minimum absolute atomic E-state index is 0.204. The van der Waals surface area contributed by atoms with Gasteiger partial charge in [0.1, 0.15) is 5.82 Å². The molecule has 1 aromatic carbocycles. The fourth-order valence-electron chi connectivity index (χ4n) is 3.59. The Hall–Kier alpha value is -2.43. The summed E-state index contributed by atoms with van der Waals surface area (Å²) in [6.45, 7) is 3.77. The van der Waals surface area contributed by atoms with E-state index < -0.39 is 0 Å². The lowest BCUT2D eigenvalue weighted by molar-refractivity contribution is 0.332. The molecule has 130 valence electrons. The van der Waals surface area contributed by atoms with Crippen LogP contribution >= 0.6 is 0 Å². The first-order valence-corrected chi connectivity index (χ1v) is 8.96. The van der Waals surface area contributed by atoms with E-state index in [4.69, 9.17) is 9.97 Å². The molecule has 0 N–H and O–H groups in total. The number of benzene rings is 1. The van der Waals surface area contributed by atoms with Crippen LogP contribution in [0.2, 0.25) is 0 Å². The van der Waals surface area contributed by atoms with Gasteiger partial charge in [0.15, 0.2) is 0 Å². The molecule has 0 unspecified atom stereocenters. The lowest BCUT2D eigenvalue weighted by Gasteiger charge is -2.32. The van der Waals surface area contributed by atoms with Gasteiger partial charge in [0.2, 0.25) is 5.78 Å². The van der Waals surface area contributed by atoms with Gasteiger partial charge in [0, 0.05) is 31.0 Å². The van der Waals surface area contributed by atoms with E-state index in [0.717, 1.165) is 48.8 Å². The van der Waals surface area contributed by atoms with Gasteiger partial charge in [-0.05, 0) is 44.2 Å². The predicted molar refractivity (Wildman–Crippen MR) is 98.7 cm³/mol. The summed E-state index contributed by atoms with van der Waals surface area (Å²) in [6.07, 6.45) is 6.83. The largest absolute Gasteiger partial charge is 0.356 e. The molecule has 0 spiro atoms. The van der Waals surface area contributed by atoms with Gasteiger partial charge in [-0.15, -0.1) is 0 Å². The Bertz CT molecular complexity index is 865. The second-order valence-corrected chi connectivity index (χ2v) is 6.90. The molecule has 0 bridgehead atoms. The van der Waals surface area contributed by atoms with Crippen LogP contribution in [0.1, 0.15) is 24.8 Å². The van der Waals surface area contributed by atoms with Crippen molar-refractivity contribution in [2.75, 3.05) is 24.7 Å². The van der Waals surface area contributed by atoms with Crippen molar-refractivity contribution in [3.05, 3.63) is 48.3 Å². The van der Waals surface area contributed by atoms with Gasteiger partial charge in [-0.2, -0.15) is 4.98 Å². The summed E-state index contributed by atoms with van der Waals surface area (Å²) >= 11 is 0. The number of aromatic nitrogens is 3. The quantitative estimate of drug-likeness (QED) is 0.712. The maximum Gasteiger partial charge on any atom is 0.236 e. The van der Waals surface area contributed by atoms with Gasteiger partial charge >= 0.3 is 0 Å². The Labute approximate surface area is 147 Å². The second kappa shape index (κ2) is 6.82. The highest BCUT2D eigenvalue weighted by atomic mass is 19.1. The van der Waals surface area contributed by atoms with Crippen molar-refractivity contribution in [3.8, 4) is 11.3 Å². The molecule has 0 saturated carbocycles. The summed E-state index contributed by atoms with van der Waals surface area (Å²) in [6, 6.07) is 10.4. The Morgan fingerprint density at radius 1 is 1.16 bits per heavy atom. The van der Waals surface area contributed by atoms with Crippen LogP contribution in [-0.2, 0) is 0 Å². The van der Waals surface area contributed by atoms with Crippen molar-refractivity contribution in [2.45, 2.75) is 26.2 Å². The highest BCUT2D eigenvalue weighted by molar-refractivity contribution is 5.62. The van der Waals surface area contributed by atoms with Gasteiger partial charge in [-0.3, -0.25) is 8.79 Å². The minimum Gasteiger partial charge on any atom is -0.356 e. The SMILES string of the molecule is Cc1cccc(-c2cn3ccc(N4CCC(CCF)CC4)nc3n2)c1. The van der Waals surface area contributed by atoms with E-state index in [0.29, 0.717) is 12.3 Å². The number of imidazole rings is 1. The Kier molecular flexibility index (Phi) is 4.38. The van der Waals surface area contributed by atoms with Crippen molar-refractivity contribution in [2.24, 2.45) is 5.92 Å². The van der Waals surface area contributed by atoms with Gasteiger partial charge < -0.3 is 4.90 Å². The Morgan fingerprint density at radius 3 is 2.76 bits per heavy atom. The molecule has 25 heavy (non-hydrogen) atoms. The number of alkyl halides is 1. The van der Waals surface area contributed by atoms with Crippen LogP contribution in [0.3, 0.4) is 0 Å². The summed E-state index contributed by atoms with van der Waals surface area (Å²) in [5.41, 5.74) is 3.27. The standard InChI is InChI=1S/C20H23FN4/c1-15-3-2-4-17(13-15)18-14-25-12-8-19(23-20(25)22-18)24-10-6-16(5-9-21)7-11-24/h2-4,8,12-14,16H,5-7,9-11H2,1H3. The lowest BCUT2D eigenvalue weighted by Crippen LogP contribution is -2.34. The number of aryl methyl sites for hydroxylation is 1. The molecule has 3 heterocycles. The van der Waals surface area contributed by atoms with Crippen molar-refractivity contribution < 1.29 is 4.39 Å². The monoisotopic (exact) mass is 338 g/mol. The van der Waals surface area contributed by atoms with Crippen molar-refractivity contribution in [1.82, 2.24) is 14.4 Å². The fraction of sp³-hybridized carbons (Fsp3) is 0.400. The van der Waals surface area contributed by atoms with Gasteiger partial charge in [-0.25, -0.2) is 4.98 Å². The summed E-state index contributed by atoms with van der Waals surface area (Å²) < 4.78 is 14.5. The Balaban J connectivity index is 1.57. The van der Waals surface area contributed by atoms with Crippen LogP contribution in [0.4, 0.5) is 10.2 Å². The van der Waals surface area contributed by atoms with E-state index in [2.05, 4.69) is 36.1 Å². The van der Waals surface area contributed by atoms with Crippen LogP contribution in [-0.4, -0.2) is 34.1 Å². The molecule has 1 aliphatic rings. The average molecular weight is 338 g/mol. The van der Waals surface area contributed by atoms with E-state index in [9.17, 15) is 4.39 Å². The van der Waals surface area contributed by atoms with Gasteiger partial charge in [-0.1, -0.05) is 23.8 Å². The zero-order valence-electron chi connectivity index (χ0n) is 14.5. The van der Waals surface area contributed by atoms with Crippen LogP contribution in [0.25, 0.3) is 17.0 Å². The van der Waals surface area contributed by atoms with Crippen LogP contribution in [0, 0.1) is 12.8 Å². The summed E-state index contributed by atoms with van der Waals surface area (Å²) in [7, 11) is 0. The number of nitrogens with zero attached hydrogens (tertiary/aromatic N) is 4. The normalized spacial score (nSPS) is 15.8. The van der Waals surface area contributed by atoms with Crippen molar-refractivity contribution >= 4 is 11.6 Å². The highest BCUT2D eigenvalue weighted by Crippen LogP contribution is 2.25. The molecule has 1 saturated heterocycles. The van der Waals surface area contributed by atoms with E-state index in [1.165, 1.54) is 5.56 Å². The molecule has 0 atom stereocenters. The smallest absolute Gasteiger partial charge is 0.236 e. The molecule has 4 nitrogen and oxygen atoms in total. The maximum atomic E-state index is 12.5. The number of anilines is 1. The maximum absolute atomic E-state index is 12.5. The van der Waals surface area contributed by atoms with Crippen molar-refractivity contribution in [3.63, 3.8) is 0 Å². The van der Waals surface area contributed by atoms with Gasteiger partial charge in [0.05, 0.1) is 12.4 Å². The summed E-state index contributed by atoms with van der Waals surface area (Å²) in [4.78, 5) is 11.7. The molecule has 0 radical (unpaired) electrons. The molecule has 1 aliphatic heterocycles. The fourth-order valence-corrected chi connectivity index (χ4v) is 3.59. The molecule has 1 fully saturated rings. The number of rotatable bonds is 4. The third kappa shape index (κ3) is 3.36. The molecule has 2 aromatic heterocycles. The molecule has 0 amide bonds. The lowest BCUT2D eigenvalue weighted by atomic mass is 9.94. The van der Waals surface area contributed by atoms with E-state index in [1.807, 2.05) is 22.9 Å². The van der Waals surface area contributed by atoms with Crippen molar-refractivity contribution in [1.29, 1.82) is 0 Å². The molecule has 5 heteroatoms. The highest BCUT2D eigenvalue weighted by Gasteiger charge is 2.20. The third-order valence-corrected chi connectivity index (χ3v) is 5.08. The van der Waals surface area contributed by atoms with E-state index >= 15 is 0 Å². The first kappa shape index (κ1) is 16.1. The summed E-state index contributed by atoms with van der Waals surface area (Å²) in [5.74, 6) is 2.21. The third-order valence-electron chi connectivity index (χ3n) is 5.08. The first-order valence-electron chi connectivity index (χ1n) is 8.96. The number of piperidine rings is 1. The second-order valence-electron chi connectivity index (χ2n) is 6.90. The van der Waals surface area contributed by atoms with E-state index in [-0.39, 0.29) is 6.67 Å². The number of halogens is 1. The average Bonchev–Trinajstić information content (AvgIpc) is 3.06. The topological polar surface area (TPSA) is 33.4 Å². The zero-order valence-corrected chi connectivity index (χ0v) is 14.5. The van der Waals surface area contributed by atoms with E-state index in [1.54, 1.807) is 0 Å². The zero-order chi connectivity index (χ0) is 17.2. The molecular weight excluding hydrogens is 315 g/mol. The van der Waals surface area contributed by atoms with Crippen LogP contribution < -0.4 is 4.90 Å². The molecule has 0 aliphatic carbocycles. The van der Waals surface area contributed by atoms with Crippen LogP contribution in [0.15, 0.2) is 42.7 Å². The van der Waals surface area contributed by atoms with Gasteiger partial charge in [0.25, 0.3) is 0 Å². The number of hydrogen-bond acceptors (Lipinski definition) is 3. The van der Waals surface area contributed by atoms with Crippen LogP contribution in [0.5, 0.6) is 0 Å². The molecule has 4 rings (SSSR count). The predicted octanol–water partition coefficient (Wildman–Crippen LogP) is 4.28. The minimum atomic E-state index is -0.204. The molecular formula is C20H23FN4. The first-order chi connectivity index (χ1) is 12.2. The molecule has 3 aromatic rings. The number of fused-ring (bicyclic) bond motifs is 1.